The molecular weight excluding hydrogens is 680 g/mol. The quantitative estimate of drug-likeness (QED) is 0.280. The van der Waals surface area contributed by atoms with Gasteiger partial charge in [0.1, 0.15) is 10.2 Å². The van der Waals surface area contributed by atoms with Crippen molar-refractivity contribution in [2.75, 3.05) is 12.3 Å². The Morgan fingerprint density at radius 1 is 1.02 bits per heavy atom. The van der Waals surface area contributed by atoms with E-state index in [0.717, 1.165) is 25.3 Å². The molecule has 4 aromatic rings. The van der Waals surface area contributed by atoms with Gasteiger partial charge in [0.2, 0.25) is 15.7 Å². The number of carbonyl (C=O) groups excluding carboxylic acids is 2. The minimum atomic E-state index is -4.29. The van der Waals surface area contributed by atoms with Crippen molar-refractivity contribution < 1.29 is 22.7 Å². The maximum absolute atomic E-state index is 14.2. The van der Waals surface area contributed by atoms with Crippen LogP contribution in [0, 0.1) is 0 Å². The van der Waals surface area contributed by atoms with Crippen LogP contribution in [0.3, 0.4) is 0 Å². The molecule has 3 aromatic carbocycles. The van der Waals surface area contributed by atoms with Crippen LogP contribution in [-0.2, 0) is 19.4 Å². The maximum atomic E-state index is 14.2. The van der Waals surface area contributed by atoms with Gasteiger partial charge in [-0.05, 0) is 60.5 Å². The van der Waals surface area contributed by atoms with Crippen molar-refractivity contribution in [1.82, 2.24) is 4.57 Å². The Kier molecular flexibility index (Phi) is 8.10. The number of nitrogen functional groups attached to an aromatic ring is 1. The van der Waals surface area contributed by atoms with E-state index in [1.807, 2.05) is 30.3 Å². The van der Waals surface area contributed by atoms with Gasteiger partial charge in [0.05, 0.1) is 22.5 Å². The number of ether oxygens (including phenoxy) is 1. The Morgan fingerprint density at radius 3 is 2.35 bits per heavy atom. The van der Waals surface area contributed by atoms with E-state index in [9.17, 15) is 18.0 Å². The lowest BCUT2D eigenvalue weighted by atomic mass is 10.1. The van der Waals surface area contributed by atoms with Crippen molar-refractivity contribution in [1.29, 1.82) is 0 Å². The number of sulfone groups is 1. The number of aromatic nitrogens is 1. The minimum absolute atomic E-state index is 0.0290. The molecule has 0 bridgehead atoms. The molecule has 0 fully saturated rings. The van der Waals surface area contributed by atoms with Gasteiger partial charge in [0.25, 0.3) is 0 Å². The van der Waals surface area contributed by atoms with Crippen molar-refractivity contribution in [3.63, 3.8) is 0 Å². The van der Waals surface area contributed by atoms with Crippen LogP contribution >= 0.6 is 43.6 Å². The van der Waals surface area contributed by atoms with Gasteiger partial charge >= 0.3 is 5.97 Å². The first kappa shape index (κ1) is 28.4. The van der Waals surface area contributed by atoms with Crippen LogP contribution in [0.5, 0.6) is 0 Å². The van der Waals surface area contributed by atoms with Crippen molar-refractivity contribution >= 4 is 82.0 Å². The highest BCUT2D eigenvalue weighted by Crippen LogP contribution is 2.41. The molecule has 2 heterocycles. The fraction of sp³-hybridized carbons (Fsp3) is 0.103. The third-order valence-electron chi connectivity index (χ3n) is 6.18. The third-order valence-corrected chi connectivity index (χ3v) is 10.3. The molecule has 0 saturated heterocycles. The minimum Gasteiger partial charge on any atom is -0.462 e. The standard InChI is InChI=1S/C29H22Br2N2O5S2/c1-2-38-29(35)26-24-22(15-17-8-6-10-19(30)14-17)23(32)28(40(36,37)21-12-4-3-5-13-21)33(24)27(34)25(39-26)18-9-7-11-20(31)16-18/h3-16,25H,2,32H2,1H3/b22-15+. The van der Waals surface area contributed by atoms with Crippen LogP contribution in [-0.4, -0.2) is 31.5 Å². The van der Waals surface area contributed by atoms with E-state index in [1.54, 1.807) is 49.4 Å². The molecule has 1 atom stereocenters. The zero-order valence-electron chi connectivity index (χ0n) is 21.0. The van der Waals surface area contributed by atoms with Gasteiger partial charge < -0.3 is 10.5 Å². The van der Waals surface area contributed by atoms with Crippen molar-refractivity contribution in [2.24, 2.45) is 0 Å². The summed E-state index contributed by atoms with van der Waals surface area (Å²) < 4.78 is 36.1. The van der Waals surface area contributed by atoms with Gasteiger partial charge in [-0.3, -0.25) is 9.36 Å². The number of hydrogen-bond acceptors (Lipinski definition) is 7. The zero-order chi connectivity index (χ0) is 28.6. The Hall–Kier alpha value is -3.12. The fourth-order valence-corrected chi connectivity index (χ4v) is 8.05. The Morgan fingerprint density at radius 2 is 1.70 bits per heavy atom. The van der Waals surface area contributed by atoms with E-state index in [0.29, 0.717) is 11.1 Å². The molecule has 0 saturated carbocycles. The molecule has 7 nitrogen and oxygen atoms in total. The maximum Gasteiger partial charge on any atom is 0.346 e. The van der Waals surface area contributed by atoms with Gasteiger partial charge in [-0.2, -0.15) is 0 Å². The van der Waals surface area contributed by atoms with Gasteiger partial charge in [0.15, 0.2) is 5.03 Å². The van der Waals surface area contributed by atoms with Gasteiger partial charge in [-0.25, -0.2) is 13.2 Å². The van der Waals surface area contributed by atoms with Crippen molar-refractivity contribution in [3.05, 3.63) is 110 Å². The van der Waals surface area contributed by atoms with Gasteiger partial charge in [-0.15, -0.1) is 0 Å². The molecule has 0 aliphatic carbocycles. The number of benzene rings is 3. The second-order valence-corrected chi connectivity index (χ2v) is 13.6. The second-order valence-electron chi connectivity index (χ2n) is 8.77. The summed E-state index contributed by atoms with van der Waals surface area (Å²) in [5.74, 6) is -1.22. The number of fused-ring (bicyclic) bond motifs is 1. The lowest BCUT2D eigenvalue weighted by Gasteiger charge is -2.24. The summed E-state index contributed by atoms with van der Waals surface area (Å²) in [6, 6.07) is 22.1. The molecule has 1 aliphatic rings. The van der Waals surface area contributed by atoms with Crippen molar-refractivity contribution in [2.45, 2.75) is 22.1 Å². The lowest BCUT2D eigenvalue weighted by molar-refractivity contribution is -0.135. The van der Waals surface area contributed by atoms with Gasteiger partial charge in [-0.1, -0.05) is 86.1 Å². The molecule has 0 radical (unpaired) electrons. The first-order valence-electron chi connectivity index (χ1n) is 12.1. The zero-order valence-corrected chi connectivity index (χ0v) is 25.8. The number of carbonyl (C=O) groups is 2. The number of nitrogens with zero attached hydrogens (tertiary/aromatic N) is 1. The number of hydrogen-bond donors (Lipinski definition) is 1. The monoisotopic (exact) mass is 700 g/mol. The third kappa shape index (κ3) is 5.18. The van der Waals surface area contributed by atoms with Crippen LogP contribution in [0.15, 0.2) is 97.7 Å². The molecule has 2 N–H and O–H groups in total. The summed E-state index contributed by atoms with van der Waals surface area (Å²) in [5, 5.41) is -0.988. The van der Waals surface area contributed by atoms with Crippen LogP contribution in [0.1, 0.15) is 28.1 Å². The first-order valence-corrected chi connectivity index (χ1v) is 16.0. The molecule has 5 rings (SSSR count). The van der Waals surface area contributed by atoms with E-state index in [1.165, 1.54) is 12.1 Å². The number of rotatable bonds is 6. The molecule has 1 aromatic heterocycles. The normalized spacial score (nSPS) is 15.7. The average molecular weight is 702 g/mol. The molecule has 40 heavy (non-hydrogen) atoms. The van der Waals surface area contributed by atoms with Crippen LogP contribution in [0.2, 0.25) is 0 Å². The summed E-state index contributed by atoms with van der Waals surface area (Å²) in [6.07, 6.45) is 1.67. The van der Waals surface area contributed by atoms with Gasteiger partial charge in [0, 0.05) is 14.2 Å². The molecule has 1 unspecified atom stereocenters. The van der Waals surface area contributed by atoms with E-state index in [-0.39, 0.29) is 37.7 Å². The summed E-state index contributed by atoms with van der Waals surface area (Å²) in [5.41, 5.74) is 7.76. The first-order chi connectivity index (χ1) is 19.1. The molecular formula is C29H22Br2N2O5S2. The van der Waals surface area contributed by atoms with E-state index < -0.39 is 27.0 Å². The number of thioether (sulfide) groups is 1. The Bertz CT molecular complexity index is 1890. The SMILES string of the molecule is CCOC(=O)C1=c2/c(=C/c3cccc(Br)c3)c(N)c(S(=O)(=O)c3ccccc3)n2C(=O)C(c2cccc(Br)c2)S1. The average Bonchev–Trinajstić information content (AvgIpc) is 3.22. The largest absolute Gasteiger partial charge is 0.462 e. The second kappa shape index (κ2) is 11.4. The summed E-state index contributed by atoms with van der Waals surface area (Å²) >= 11 is 7.90. The highest BCUT2D eigenvalue weighted by molar-refractivity contribution is 9.10. The smallest absolute Gasteiger partial charge is 0.346 e. The number of esters is 1. The van der Waals surface area contributed by atoms with Crippen LogP contribution in [0.25, 0.3) is 11.0 Å². The predicted octanol–water partition coefficient (Wildman–Crippen LogP) is 5.06. The highest BCUT2D eigenvalue weighted by atomic mass is 79.9. The summed E-state index contributed by atoms with van der Waals surface area (Å²) in [7, 11) is -4.29. The predicted molar refractivity (Wildman–Crippen MR) is 163 cm³/mol. The topological polar surface area (TPSA) is 108 Å². The van der Waals surface area contributed by atoms with Crippen LogP contribution in [0.4, 0.5) is 5.69 Å². The number of halogens is 2. The lowest BCUT2D eigenvalue weighted by Crippen LogP contribution is -2.42. The van der Waals surface area contributed by atoms with Crippen molar-refractivity contribution in [3.8, 4) is 0 Å². The fourth-order valence-electron chi connectivity index (χ4n) is 4.47. The van der Waals surface area contributed by atoms with E-state index in [2.05, 4.69) is 31.9 Å². The highest BCUT2D eigenvalue weighted by Gasteiger charge is 2.40. The molecule has 204 valence electrons. The van der Waals surface area contributed by atoms with E-state index >= 15 is 0 Å². The number of nitrogens with two attached hydrogens (primary N) is 1. The molecule has 0 amide bonds. The number of anilines is 1. The Balaban J connectivity index is 1.94. The summed E-state index contributed by atoms with van der Waals surface area (Å²) in [4.78, 5) is 27.7. The van der Waals surface area contributed by atoms with E-state index in [4.69, 9.17) is 10.5 Å². The molecule has 0 spiro atoms. The molecule has 1 aliphatic heterocycles. The molecule has 11 heteroatoms. The van der Waals surface area contributed by atoms with Crippen LogP contribution < -0.4 is 16.3 Å². The Labute approximate surface area is 251 Å². The summed E-state index contributed by atoms with van der Waals surface area (Å²) in [6.45, 7) is 1.77.